The SMILES string of the molecule is CCCc1ccc(OCCNC(=O)CN(c2ccc(Cl)c(Cl)c2)S(=O)(=O)c2ccccc2)cc1. The van der Waals surface area contributed by atoms with Crippen LogP contribution in [0.5, 0.6) is 5.75 Å². The van der Waals surface area contributed by atoms with Gasteiger partial charge in [0.05, 0.1) is 27.2 Å². The molecule has 180 valence electrons. The van der Waals surface area contributed by atoms with Gasteiger partial charge in [0.2, 0.25) is 5.91 Å². The van der Waals surface area contributed by atoms with Crippen LogP contribution < -0.4 is 14.4 Å². The topological polar surface area (TPSA) is 75.7 Å². The number of hydrogen-bond donors (Lipinski definition) is 1. The van der Waals surface area contributed by atoms with Gasteiger partial charge in [-0.1, -0.05) is 66.9 Å². The first-order chi connectivity index (χ1) is 16.3. The van der Waals surface area contributed by atoms with E-state index in [1.165, 1.54) is 35.9 Å². The normalized spacial score (nSPS) is 11.1. The summed E-state index contributed by atoms with van der Waals surface area (Å²) >= 11 is 12.1. The van der Waals surface area contributed by atoms with E-state index in [0.717, 1.165) is 17.1 Å². The monoisotopic (exact) mass is 520 g/mol. The highest BCUT2D eigenvalue weighted by Crippen LogP contribution is 2.30. The summed E-state index contributed by atoms with van der Waals surface area (Å²) in [5.41, 5.74) is 1.47. The molecule has 0 aromatic heterocycles. The fourth-order valence-electron chi connectivity index (χ4n) is 3.26. The lowest BCUT2D eigenvalue weighted by atomic mass is 10.1. The van der Waals surface area contributed by atoms with Crippen molar-refractivity contribution < 1.29 is 17.9 Å². The van der Waals surface area contributed by atoms with Crippen LogP contribution in [0.2, 0.25) is 10.0 Å². The highest BCUT2D eigenvalue weighted by Gasteiger charge is 2.27. The number of halogens is 2. The van der Waals surface area contributed by atoms with E-state index in [-0.39, 0.29) is 33.8 Å². The van der Waals surface area contributed by atoms with Crippen molar-refractivity contribution in [2.45, 2.75) is 24.7 Å². The average Bonchev–Trinajstić information content (AvgIpc) is 2.84. The van der Waals surface area contributed by atoms with Crippen LogP contribution in [0, 0.1) is 0 Å². The molecule has 0 aliphatic heterocycles. The van der Waals surface area contributed by atoms with E-state index in [4.69, 9.17) is 27.9 Å². The number of ether oxygens (including phenoxy) is 1. The van der Waals surface area contributed by atoms with Crippen LogP contribution in [-0.4, -0.2) is 34.0 Å². The Morgan fingerprint density at radius 3 is 2.32 bits per heavy atom. The van der Waals surface area contributed by atoms with Gasteiger partial charge in [0.25, 0.3) is 10.0 Å². The average molecular weight is 521 g/mol. The molecule has 0 atom stereocenters. The van der Waals surface area contributed by atoms with Gasteiger partial charge in [0.1, 0.15) is 18.9 Å². The maximum absolute atomic E-state index is 13.3. The van der Waals surface area contributed by atoms with Gasteiger partial charge in [0, 0.05) is 0 Å². The van der Waals surface area contributed by atoms with Gasteiger partial charge in [-0.05, 0) is 54.4 Å². The molecule has 0 spiro atoms. The summed E-state index contributed by atoms with van der Waals surface area (Å²) in [5.74, 6) is 0.227. The molecule has 0 unspecified atom stereocenters. The molecule has 3 aromatic rings. The van der Waals surface area contributed by atoms with Gasteiger partial charge in [-0.2, -0.15) is 0 Å². The Hall–Kier alpha value is -2.74. The Labute approximate surface area is 210 Å². The number of hydrogen-bond acceptors (Lipinski definition) is 4. The Morgan fingerprint density at radius 1 is 0.971 bits per heavy atom. The molecule has 0 heterocycles. The Bertz CT molecular complexity index is 1200. The smallest absolute Gasteiger partial charge is 0.264 e. The number of nitrogens with zero attached hydrogens (tertiary/aromatic N) is 1. The zero-order valence-electron chi connectivity index (χ0n) is 18.7. The third-order valence-electron chi connectivity index (χ3n) is 4.96. The molecule has 1 N–H and O–H groups in total. The molecule has 1 amide bonds. The minimum Gasteiger partial charge on any atom is -0.492 e. The fourth-order valence-corrected chi connectivity index (χ4v) is 4.99. The lowest BCUT2D eigenvalue weighted by Gasteiger charge is -2.24. The number of aryl methyl sites for hydroxylation is 1. The highest BCUT2D eigenvalue weighted by atomic mass is 35.5. The molecule has 0 fully saturated rings. The van der Waals surface area contributed by atoms with E-state index in [2.05, 4.69) is 12.2 Å². The number of sulfonamides is 1. The lowest BCUT2D eigenvalue weighted by Crippen LogP contribution is -2.41. The molecule has 34 heavy (non-hydrogen) atoms. The predicted molar refractivity (Wildman–Crippen MR) is 136 cm³/mol. The molecule has 6 nitrogen and oxygen atoms in total. The van der Waals surface area contributed by atoms with Gasteiger partial charge in [-0.3, -0.25) is 9.10 Å². The first-order valence-corrected chi connectivity index (χ1v) is 13.0. The first-order valence-electron chi connectivity index (χ1n) is 10.8. The fraction of sp³-hybridized carbons (Fsp3) is 0.240. The second-order valence-electron chi connectivity index (χ2n) is 7.52. The Balaban J connectivity index is 1.66. The number of carbonyl (C=O) groups excluding carboxylic acids is 1. The van der Waals surface area contributed by atoms with E-state index in [1.807, 2.05) is 24.3 Å². The zero-order chi connectivity index (χ0) is 24.6. The molecule has 3 rings (SSSR count). The largest absolute Gasteiger partial charge is 0.492 e. The minimum atomic E-state index is -4.02. The number of anilines is 1. The number of nitrogens with one attached hydrogen (secondary N) is 1. The van der Waals surface area contributed by atoms with Gasteiger partial charge in [-0.25, -0.2) is 8.42 Å². The molecule has 0 aliphatic rings. The molecule has 9 heteroatoms. The van der Waals surface area contributed by atoms with Crippen molar-refractivity contribution in [1.29, 1.82) is 0 Å². The molecular formula is C25H26Cl2N2O4S. The summed E-state index contributed by atoms with van der Waals surface area (Å²) in [5, 5.41) is 3.18. The summed E-state index contributed by atoms with van der Waals surface area (Å²) in [7, 11) is -4.02. The molecule has 0 aliphatic carbocycles. The standard InChI is InChI=1S/C25H26Cl2N2O4S/c1-2-6-19-9-12-21(13-10-19)33-16-15-28-25(30)18-29(20-11-14-23(26)24(27)17-20)34(31,32)22-7-4-3-5-8-22/h3-5,7-14,17H,2,6,15-16,18H2,1H3,(H,28,30). The number of amides is 1. The minimum absolute atomic E-state index is 0.0590. The summed E-state index contributed by atoms with van der Waals surface area (Å²) in [4.78, 5) is 12.7. The highest BCUT2D eigenvalue weighted by molar-refractivity contribution is 7.92. The molecular weight excluding hydrogens is 495 g/mol. The van der Waals surface area contributed by atoms with Crippen molar-refractivity contribution in [3.8, 4) is 5.75 Å². The van der Waals surface area contributed by atoms with Crippen LogP contribution in [0.15, 0.2) is 77.7 Å². The predicted octanol–water partition coefficient (Wildman–Crippen LogP) is 5.34. The van der Waals surface area contributed by atoms with E-state index < -0.39 is 22.5 Å². The number of carbonyl (C=O) groups is 1. The van der Waals surface area contributed by atoms with Gasteiger partial charge in [-0.15, -0.1) is 0 Å². The number of benzene rings is 3. The van der Waals surface area contributed by atoms with E-state index in [0.29, 0.717) is 5.75 Å². The quantitative estimate of drug-likeness (QED) is 0.346. The second-order valence-corrected chi connectivity index (χ2v) is 10.2. The van der Waals surface area contributed by atoms with Crippen molar-refractivity contribution in [1.82, 2.24) is 5.32 Å². The van der Waals surface area contributed by atoms with Crippen molar-refractivity contribution in [3.63, 3.8) is 0 Å². The lowest BCUT2D eigenvalue weighted by molar-refractivity contribution is -0.119. The van der Waals surface area contributed by atoms with Gasteiger partial charge < -0.3 is 10.1 Å². The third-order valence-corrected chi connectivity index (χ3v) is 7.49. The Kier molecular flexibility index (Phi) is 9.21. The third kappa shape index (κ3) is 6.88. The van der Waals surface area contributed by atoms with Crippen molar-refractivity contribution in [2.24, 2.45) is 0 Å². The summed E-state index contributed by atoms with van der Waals surface area (Å²) in [6, 6.07) is 20.1. The van der Waals surface area contributed by atoms with E-state index >= 15 is 0 Å². The second kappa shape index (κ2) is 12.1. The van der Waals surface area contributed by atoms with Crippen LogP contribution in [0.1, 0.15) is 18.9 Å². The zero-order valence-corrected chi connectivity index (χ0v) is 21.0. The molecule has 0 saturated carbocycles. The van der Waals surface area contributed by atoms with Crippen LogP contribution in [0.25, 0.3) is 0 Å². The summed E-state index contributed by atoms with van der Waals surface area (Å²) in [6.07, 6.45) is 2.09. The van der Waals surface area contributed by atoms with Crippen molar-refractivity contribution >= 4 is 44.8 Å². The van der Waals surface area contributed by atoms with Crippen LogP contribution in [0.3, 0.4) is 0 Å². The maximum Gasteiger partial charge on any atom is 0.264 e. The van der Waals surface area contributed by atoms with E-state index in [1.54, 1.807) is 18.2 Å². The number of rotatable bonds is 11. The van der Waals surface area contributed by atoms with Crippen LogP contribution >= 0.6 is 23.2 Å². The molecule has 0 saturated heterocycles. The summed E-state index contributed by atoms with van der Waals surface area (Å²) in [6.45, 7) is 2.16. The summed E-state index contributed by atoms with van der Waals surface area (Å²) < 4.78 is 33.3. The first kappa shape index (κ1) is 25.9. The van der Waals surface area contributed by atoms with Crippen LogP contribution in [-0.2, 0) is 21.2 Å². The molecule has 0 radical (unpaired) electrons. The van der Waals surface area contributed by atoms with E-state index in [9.17, 15) is 13.2 Å². The van der Waals surface area contributed by atoms with Gasteiger partial charge >= 0.3 is 0 Å². The van der Waals surface area contributed by atoms with Crippen molar-refractivity contribution in [3.05, 3.63) is 88.4 Å². The molecule has 0 bridgehead atoms. The maximum atomic E-state index is 13.3. The van der Waals surface area contributed by atoms with Gasteiger partial charge in [0.15, 0.2) is 0 Å². The van der Waals surface area contributed by atoms with Crippen molar-refractivity contribution in [2.75, 3.05) is 24.0 Å². The van der Waals surface area contributed by atoms with Crippen LogP contribution in [0.4, 0.5) is 5.69 Å². The Morgan fingerprint density at radius 2 is 1.68 bits per heavy atom. The molecule has 3 aromatic carbocycles.